The van der Waals surface area contributed by atoms with Crippen molar-refractivity contribution in [2.75, 3.05) is 18.4 Å². The van der Waals surface area contributed by atoms with Gasteiger partial charge in [0.15, 0.2) is 5.01 Å². The minimum atomic E-state index is -5.00. The maximum absolute atomic E-state index is 12.6. The van der Waals surface area contributed by atoms with E-state index in [1.807, 2.05) is 0 Å². The van der Waals surface area contributed by atoms with Crippen LogP contribution in [0.1, 0.15) is 18.4 Å². The van der Waals surface area contributed by atoms with E-state index in [4.69, 9.17) is 5.11 Å². The predicted octanol–water partition coefficient (Wildman–Crippen LogP) is 3.15. The van der Waals surface area contributed by atoms with E-state index in [-0.39, 0.29) is 10.8 Å². The monoisotopic (exact) mass is 443 g/mol. The molecule has 0 aromatic carbocycles. The highest BCUT2D eigenvalue weighted by molar-refractivity contribution is 7.15. The lowest BCUT2D eigenvalue weighted by Crippen LogP contribution is -2.48. The van der Waals surface area contributed by atoms with Crippen molar-refractivity contribution in [2.24, 2.45) is 0 Å². The van der Waals surface area contributed by atoms with Gasteiger partial charge >= 0.3 is 12.5 Å². The second-order valence-corrected chi connectivity index (χ2v) is 6.86. The van der Waals surface area contributed by atoms with Gasteiger partial charge in [-0.05, 0) is 13.3 Å². The molecule has 2 N–H and O–H groups in total. The molecule has 1 atom stereocenters. The number of thiazole rings is 1. The largest absolute Gasteiger partial charge is 0.519 e. The minimum Gasteiger partial charge on any atom is -0.359 e. The molecule has 7 nitrogen and oxygen atoms in total. The number of hydrogen-bond donors (Lipinski definition) is 2. The summed E-state index contributed by atoms with van der Waals surface area (Å²) in [5, 5.41) is 8.55. The van der Waals surface area contributed by atoms with Crippen LogP contribution in [0, 0.1) is 0 Å². The van der Waals surface area contributed by atoms with Crippen LogP contribution in [-0.2, 0) is 11.0 Å². The van der Waals surface area contributed by atoms with Crippen molar-refractivity contribution in [3.05, 3.63) is 23.6 Å². The summed E-state index contributed by atoms with van der Waals surface area (Å²) in [5.41, 5.74) is 0.323. The fraction of sp³-hybridized carbons (Fsp3) is 0.467. The first kappa shape index (κ1) is 22.8. The molecule has 0 aliphatic carbocycles. The molecule has 3 heterocycles. The van der Waals surface area contributed by atoms with Gasteiger partial charge in [0.2, 0.25) is 5.91 Å². The van der Waals surface area contributed by atoms with Crippen LogP contribution in [-0.4, -0.2) is 56.4 Å². The Bertz CT molecular complexity index is 831. The standard InChI is InChI=1S/C14H14F3N5OS.CHF3O/c1-8(12(23)22-3-2-4-22)21-11-5-9(19-7-20-11)10-6-18-13(24-10)14(15,16)17;2-1(3,4)5/h5-8H,2-4H2,1H3,(H,19,20,21);5H/t8-;/m1./s1. The van der Waals surface area contributed by atoms with Gasteiger partial charge in [-0.2, -0.15) is 13.2 Å². The third-order valence-electron chi connectivity index (χ3n) is 3.57. The SMILES string of the molecule is C[C@@H](Nc1cc(-c2cnc(C(F)(F)F)s2)ncn1)C(=O)N1CCC1.OC(F)(F)F. The molecule has 1 aliphatic heterocycles. The average Bonchev–Trinajstić information content (AvgIpc) is 3.02. The molecule has 0 bridgehead atoms. The summed E-state index contributed by atoms with van der Waals surface area (Å²) in [5.74, 6) is 0.349. The van der Waals surface area contributed by atoms with Gasteiger partial charge < -0.3 is 15.3 Å². The van der Waals surface area contributed by atoms with Crippen LogP contribution in [0.25, 0.3) is 10.6 Å². The minimum absolute atomic E-state index is 0.0291. The molecule has 1 saturated heterocycles. The van der Waals surface area contributed by atoms with Crippen LogP contribution in [0.5, 0.6) is 0 Å². The fourth-order valence-electron chi connectivity index (χ4n) is 2.19. The Kier molecular flexibility index (Phi) is 7.00. The van der Waals surface area contributed by atoms with E-state index in [0.717, 1.165) is 25.7 Å². The summed E-state index contributed by atoms with van der Waals surface area (Å²) < 4.78 is 67.6. The number of carbonyl (C=O) groups is 1. The first-order valence-corrected chi connectivity index (χ1v) is 8.86. The Balaban J connectivity index is 0.000000537. The summed E-state index contributed by atoms with van der Waals surface area (Å²) in [7, 11) is 0. The quantitative estimate of drug-likeness (QED) is 0.706. The molecule has 1 aliphatic rings. The number of nitrogens with zero attached hydrogens (tertiary/aromatic N) is 4. The van der Waals surface area contributed by atoms with Crippen LogP contribution in [0.15, 0.2) is 18.6 Å². The highest BCUT2D eigenvalue weighted by Gasteiger charge is 2.34. The van der Waals surface area contributed by atoms with Crippen molar-refractivity contribution in [1.29, 1.82) is 0 Å². The first-order valence-electron chi connectivity index (χ1n) is 8.04. The second-order valence-electron chi connectivity index (χ2n) is 5.83. The van der Waals surface area contributed by atoms with E-state index in [9.17, 15) is 31.1 Å². The number of nitrogens with one attached hydrogen (secondary N) is 1. The number of rotatable bonds is 4. The molecular formula is C15H15F6N5O2S. The number of alkyl halides is 6. The summed E-state index contributed by atoms with van der Waals surface area (Å²) in [6.07, 6.45) is -6.10. The molecule has 0 saturated carbocycles. The fourth-order valence-corrected chi connectivity index (χ4v) is 2.94. The van der Waals surface area contributed by atoms with Gasteiger partial charge in [0, 0.05) is 25.4 Å². The van der Waals surface area contributed by atoms with E-state index in [1.165, 1.54) is 12.4 Å². The molecule has 2 aromatic rings. The van der Waals surface area contributed by atoms with Crippen molar-refractivity contribution in [3.63, 3.8) is 0 Å². The van der Waals surface area contributed by atoms with Gasteiger partial charge in [0.1, 0.15) is 18.2 Å². The Morgan fingerprint density at radius 3 is 2.31 bits per heavy atom. The van der Waals surface area contributed by atoms with Crippen molar-refractivity contribution < 1.29 is 36.2 Å². The Morgan fingerprint density at radius 2 is 1.83 bits per heavy atom. The topological polar surface area (TPSA) is 91.2 Å². The van der Waals surface area contributed by atoms with E-state index in [0.29, 0.717) is 22.8 Å². The lowest BCUT2D eigenvalue weighted by atomic mass is 10.2. The predicted molar refractivity (Wildman–Crippen MR) is 90.7 cm³/mol. The Morgan fingerprint density at radius 1 is 1.21 bits per heavy atom. The van der Waals surface area contributed by atoms with Gasteiger partial charge in [0.25, 0.3) is 0 Å². The summed E-state index contributed by atoms with van der Waals surface area (Å²) in [6.45, 7) is 3.22. The van der Waals surface area contributed by atoms with Crippen LogP contribution < -0.4 is 5.32 Å². The van der Waals surface area contributed by atoms with Gasteiger partial charge in [-0.1, -0.05) is 0 Å². The van der Waals surface area contributed by atoms with Crippen LogP contribution in [0.4, 0.5) is 32.2 Å². The Hall–Kier alpha value is -2.48. The van der Waals surface area contributed by atoms with Crippen molar-refractivity contribution in [2.45, 2.75) is 31.9 Å². The van der Waals surface area contributed by atoms with Gasteiger partial charge in [-0.3, -0.25) is 4.79 Å². The molecule has 2 aromatic heterocycles. The molecule has 0 unspecified atom stereocenters. The summed E-state index contributed by atoms with van der Waals surface area (Å²) >= 11 is 0.515. The molecule has 160 valence electrons. The number of aliphatic hydroxyl groups is 1. The lowest BCUT2D eigenvalue weighted by Gasteiger charge is -2.33. The Labute approximate surface area is 164 Å². The number of amides is 1. The molecule has 14 heteroatoms. The van der Waals surface area contributed by atoms with Crippen LogP contribution in [0.2, 0.25) is 0 Å². The molecule has 3 rings (SSSR count). The number of carbonyl (C=O) groups excluding carboxylic acids is 1. The zero-order valence-corrected chi connectivity index (χ0v) is 15.6. The highest BCUT2D eigenvalue weighted by atomic mass is 32.1. The molecule has 1 amide bonds. The molecular weight excluding hydrogens is 428 g/mol. The zero-order chi connectivity index (χ0) is 21.8. The zero-order valence-electron chi connectivity index (χ0n) is 14.8. The molecule has 29 heavy (non-hydrogen) atoms. The van der Waals surface area contributed by atoms with E-state index < -0.39 is 23.6 Å². The van der Waals surface area contributed by atoms with E-state index in [1.54, 1.807) is 11.8 Å². The maximum atomic E-state index is 12.6. The number of halogens is 6. The molecule has 0 radical (unpaired) electrons. The van der Waals surface area contributed by atoms with Gasteiger partial charge in [0.05, 0.1) is 10.6 Å². The normalized spacial score (nSPS) is 15.1. The lowest BCUT2D eigenvalue weighted by molar-refractivity contribution is -0.295. The molecule has 1 fully saturated rings. The third-order valence-corrected chi connectivity index (χ3v) is 4.63. The number of aromatic nitrogens is 3. The van der Waals surface area contributed by atoms with E-state index in [2.05, 4.69) is 20.3 Å². The van der Waals surface area contributed by atoms with Gasteiger partial charge in [-0.25, -0.2) is 15.0 Å². The molecule has 0 spiro atoms. The summed E-state index contributed by atoms with van der Waals surface area (Å²) in [4.78, 5) is 25.5. The smallest absolute Gasteiger partial charge is 0.359 e. The van der Waals surface area contributed by atoms with Crippen LogP contribution >= 0.6 is 11.3 Å². The van der Waals surface area contributed by atoms with Crippen molar-refractivity contribution >= 4 is 23.1 Å². The third kappa shape index (κ3) is 7.12. The first-order chi connectivity index (χ1) is 13.3. The summed E-state index contributed by atoms with van der Waals surface area (Å²) in [6, 6.07) is 1.04. The number of hydrogen-bond acceptors (Lipinski definition) is 7. The van der Waals surface area contributed by atoms with E-state index >= 15 is 0 Å². The maximum Gasteiger partial charge on any atom is 0.519 e. The second kappa shape index (κ2) is 8.90. The number of likely N-dealkylation sites (tertiary alicyclic amines) is 1. The number of anilines is 1. The van der Waals surface area contributed by atoms with Crippen LogP contribution in [0.3, 0.4) is 0 Å². The average molecular weight is 443 g/mol. The van der Waals surface area contributed by atoms with Crippen molar-refractivity contribution in [3.8, 4) is 10.6 Å². The highest BCUT2D eigenvalue weighted by Crippen LogP contribution is 2.35. The van der Waals surface area contributed by atoms with Gasteiger partial charge in [-0.15, -0.1) is 24.5 Å². The van der Waals surface area contributed by atoms with Crippen molar-refractivity contribution in [1.82, 2.24) is 19.9 Å².